The van der Waals surface area contributed by atoms with Crippen molar-refractivity contribution in [2.24, 2.45) is 4.99 Å². The fraction of sp³-hybridized carbons (Fsp3) is 0.875. The lowest BCUT2D eigenvalue weighted by Crippen LogP contribution is -2.37. The number of hydrogen-bond acceptors (Lipinski definition) is 1. The number of nitrogens with zero attached hydrogens (tertiary/aromatic N) is 3. The fourth-order valence-electron chi connectivity index (χ4n) is 0.886. The normalized spacial score (nSPS) is 11.5. The van der Waals surface area contributed by atoms with Crippen LogP contribution in [0.25, 0.3) is 0 Å². The van der Waals surface area contributed by atoms with Gasteiger partial charge in [0.25, 0.3) is 0 Å². The molecule has 0 N–H and O–H groups in total. The highest BCUT2D eigenvalue weighted by atomic mass is 15.3. The summed E-state index contributed by atoms with van der Waals surface area (Å²) < 4.78 is 0. The van der Waals surface area contributed by atoms with Crippen LogP contribution >= 0.6 is 0 Å². The van der Waals surface area contributed by atoms with Crippen LogP contribution in [0, 0.1) is 0 Å². The zero-order chi connectivity index (χ0) is 8.85. The standard InChI is InChI=1S/C8H19N3/c1-6-9-8(10(3)4)11(5)7-2/h6-7H2,1-5H3/b9-8+. The molecule has 0 aromatic carbocycles. The molecule has 0 saturated heterocycles. The van der Waals surface area contributed by atoms with Crippen molar-refractivity contribution in [2.45, 2.75) is 13.8 Å². The van der Waals surface area contributed by atoms with Gasteiger partial charge in [0.15, 0.2) is 5.96 Å². The number of guanidine groups is 1. The summed E-state index contributed by atoms with van der Waals surface area (Å²) >= 11 is 0. The van der Waals surface area contributed by atoms with E-state index in [9.17, 15) is 0 Å². The maximum absolute atomic E-state index is 4.36. The van der Waals surface area contributed by atoms with Crippen molar-refractivity contribution in [1.29, 1.82) is 0 Å². The van der Waals surface area contributed by atoms with Crippen LogP contribution < -0.4 is 0 Å². The Balaban J connectivity index is 4.21. The van der Waals surface area contributed by atoms with E-state index >= 15 is 0 Å². The van der Waals surface area contributed by atoms with Crippen LogP contribution in [-0.2, 0) is 0 Å². The average Bonchev–Trinajstić information content (AvgIpc) is 1.98. The molecule has 0 unspecified atom stereocenters. The van der Waals surface area contributed by atoms with Crippen molar-refractivity contribution in [3.05, 3.63) is 0 Å². The van der Waals surface area contributed by atoms with Crippen LogP contribution in [0.5, 0.6) is 0 Å². The predicted octanol–water partition coefficient (Wildman–Crippen LogP) is 0.876. The molecule has 0 bridgehead atoms. The molecule has 0 atom stereocenters. The van der Waals surface area contributed by atoms with Gasteiger partial charge in [-0.15, -0.1) is 0 Å². The predicted molar refractivity (Wildman–Crippen MR) is 50.0 cm³/mol. The van der Waals surface area contributed by atoms with Gasteiger partial charge in [-0.05, 0) is 13.8 Å². The van der Waals surface area contributed by atoms with Crippen LogP contribution in [0.15, 0.2) is 4.99 Å². The third kappa shape index (κ3) is 3.25. The van der Waals surface area contributed by atoms with E-state index in [0.29, 0.717) is 0 Å². The minimum absolute atomic E-state index is 0.845. The third-order valence-corrected chi connectivity index (χ3v) is 1.52. The summed E-state index contributed by atoms with van der Waals surface area (Å²) in [6, 6.07) is 0. The van der Waals surface area contributed by atoms with Gasteiger partial charge >= 0.3 is 0 Å². The Labute approximate surface area is 69.7 Å². The molecule has 0 spiro atoms. The zero-order valence-electron chi connectivity index (χ0n) is 8.26. The van der Waals surface area contributed by atoms with Crippen LogP contribution in [0.2, 0.25) is 0 Å². The Morgan fingerprint density at radius 3 is 2.00 bits per heavy atom. The van der Waals surface area contributed by atoms with Crippen molar-refractivity contribution >= 4 is 5.96 Å². The molecule has 0 aliphatic heterocycles. The quantitative estimate of drug-likeness (QED) is 0.437. The first-order chi connectivity index (χ1) is 5.13. The molecule has 0 fully saturated rings. The Morgan fingerprint density at radius 1 is 1.18 bits per heavy atom. The lowest BCUT2D eigenvalue weighted by Gasteiger charge is -2.25. The van der Waals surface area contributed by atoms with Crippen LogP contribution in [0.4, 0.5) is 0 Å². The maximum atomic E-state index is 4.36. The van der Waals surface area contributed by atoms with Gasteiger partial charge in [-0.25, -0.2) is 0 Å². The second kappa shape index (κ2) is 4.99. The third-order valence-electron chi connectivity index (χ3n) is 1.52. The van der Waals surface area contributed by atoms with Gasteiger partial charge in [0, 0.05) is 34.2 Å². The first kappa shape index (κ1) is 10.3. The van der Waals surface area contributed by atoms with Gasteiger partial charge in [0.1, 0.15) is 0 Å². The van der Waals surface area contributed by atoms with Crippen molar-refractivity contribution in [3.8, 4) is 0 Å². The largest absolute Gasteiger partial charge is 0.349 e. The molecule has 0 rings (SSSR count). The van der Waals surface area contributed by atoms with E-state index in [1.807, 2.05) is 25.9 Å². The average molecular weight is 157 g/mol. The molecule has 66 valence electrons. The van der Waals surface area contributed by atoms with Gasteiger partial charge in [-0.3, -0.25) is 4.99 Å². The number of rotatable bonds is 2. The molecule has 0 aliphatic rings. The van der Waals surface area contributed by atoms with Gasteiger partial charge < -0.3 is 9.80 Å². The molecule has 0 heterocycles. The summed E-state index contributed by atoms with van der Waals surface area (Å²) in [7, 11) is 6.08. The highest BCUT2D eigenvalue weighted by molar-refractivity contribution is 5.79. The second-order valence-electron chi connectivity index (χ2n) is 2.68. The Hall–Kier alpha value is -0.730. The molecular formula is C8H19N3. The lowest BCUT2D eigenvalue weighted by atomic mass is 10.6. The van der Waals surface area contributed by atoms with Gasteiger partial charge in [0.2, 0.25) is 0 Å². The van der Waals surface area contributed by atoms with Gasteiger partial charge in [0.05, 0.1) is 0 Å². The zero-order valence-corrected chi connectivity index (χ0v) is 8.26. The van der Waals surface area contributed by atoms with E-state index in [4.69, 9.17) is 0 Å². The molecule has 0 saturated carbocycles. The Morgan fingerprint density at radius 2 is 1.73 bits per heavy atom. The minimum atomic E-state index is 0.845. The first-order valence-corrected chi connectivity index (χ1v) is 4.06. The molecular weight excluding hydrogens is 138 g/mol. The van der Waals surface area contributed by atoms with E-state index < -0.39 is 0 Å². The highest BCUT2D eigenvalue weighted by Crippen LogP contribution is 1.91. The van der Waals surface area contributed by atoms with E-state index in [1.165, 1.54) is 0 Å². The van der Waals surface area contributed by atoms with E-state index in [0.717, 1.165) is 19.0 Å². The van der Waals surface area contributed by atoms with Crippen molar-refractivity contribution in [3.63, 3.8) is 0 Å². The first-order valence-electron chi connectivity index (χ1n) is 4.06. The van der Waals surface area contributed by atoms with E-state index in [1.54, 1.807) is 0 Å². The van der Waals surface area contributed by atoms with Crippen LogP contribution in [0.1, 0.15) is 13.8 Å². The molecule has 0 aromatic rings. The molecule has 0 aliphatic carbocycles. The topological polar surface area (TPSA) is 18.8 Å². The molecule has 11 heavy (non-hydrogen) atoms. The minimum Gasteiger partial charge on any atom is -0.349 e. The summed E-state index contributed by atoms with van der Waals surface area (Å²) in [5.74, 6) is 1.05. The van der Waals surface area contributed by atoms with E-state index in [2.05, 4.69) is 23.9 Å². The second-order valence-corrected chi connectivity index (χ2v) is 2.68. The molecule has 0 radical (unpaired) electrons. The van der Waals surface area contributed by atoms with Crippen molar-refractivity contribution < 1.29 is 0 Å². The number of hydrogen-bond donors (Lipinski definition) is 0. The van der Waals surface area contributed by atoms with Crippen molar-refractivity contribution in [2.75, 3.05) is 34.2 Å². The molecule has 0 amide bonds. The Bertz CT molecular complexity index is 129. The Kier molecular flexibility index (Phi) is 4.66. The van der Waals surface area contributed by atoms with Crippen molar-refractivity contribution in [1.82, 2.24) is 9.80 Å². The smallest absolute Gasteiger partial charge is 0.195 e. The monoisotopic (exact) mass is 157 g/mol. The van der Waals surface area contributed by atoms with Gasteiger partial charge in [-0.1, -0.05) is 0 Å². The summed E-state index contributed by atoms with van der Waals surface area (Å²) in [6.07, 6.45) is 0. The SMILES string of the molecule is CC/N=C(\N(C)C)N(C)CC. The van der Waals surface area contributed by atoms with Crippen LogP contribution in [-0.4, -0.2) is 50.0 Å². The maximum Gasteiger partial charge on any atom is 0.195 e. The summed E-state index contributed by atoms with van der Waals surface area (Å²) in [5, 5.41) is 0. The highest BCUT2D eigenvalue weighted by Gasteiger charge is 2.04. The fourth-order valence-corrected chi connectivity index (χ4v) is 0.886. The van der Waals surface area contributed by atoms with Crippen LogP contribution in [0.3, 0.4) is 0 Å². The molecule has 3 heteroatoms. The van der Waals surface area contributed by atoms with E-state index in [-0.39, 0.29) is 0 Å². The van der Waals surface area contributed by atoms with Gasteiger partial charge in [-0.2, -0.15) is 0 Å². The summed E-state index contributed by atoms with van der Waals surface area (Å²) in [4.78, 5) is 8.53. The number of aliphatic imine (C=N–C) groups is 1. The summed E-state index contributed by atoms with van der Waals surface area (Å²) in [5.41, 5.74) is 0. The molecule has 3 nitrogen and oxygen atoms in total. The summed E-state index contributed by atoms with van der Waals surface area (Å²) in [6.45, 7) is 6.01. The lowest BCUT2D eigenvalue weighted by molar-refractivity contribution is 0.439. The molecule has 0 aromatic heterocycles.